The third kappa shape index (κ3) is 6.69. The Kier molecular flexibility index (Phi) is 9.79. The van der Waals surface area contributed by atoms with E-state index in [1.165, 1.54) is 12.1 Å². The fourth-order valence-corrected chi connectivity index (χ4v) is 4.40. The van der Waals surface area contributed by atoms with Crippen LogP contribution in [0.15, 0.2) is 12.1 Å². The number of hydrogen-bond acceptors (Lipinski definition) is 8. The molecule has 28 heavy (non-hydrogen) atoms. The molecule has 0 unspecified atom stereocenters. The standard InChI is InChI=1S/C18H24O8P2/c1-7-15-13-18(26-28(20,23-11-5)24-12-6)16(8-2)14-17(15)25-27(19,21-9-3)22-10-4/h1-2,13-14H,9-12H2,3-6H3. The molecule has 10 heteroatoms. The van der Waals surface area contributed by atoms with E-state index < -0.39 is 15.6 Å². The van der Waals surface area contributed by atoms with Gasteiger partial charge < -0.3 is 9.05 Å². The fourth-order valence-electron chi connectivity index (χ4n) is 1.99. The molecule has 1 aromatic carbocycles. The van der Waals surface area contributed by atoms with E-state index in [0.29, 0.717) is 0 Å². The second-order valence-electron chi connectivity index (χ2n) is 4.88. The average Bonchev–Trinajstić information content (AvgIpc) is 2.63. The predicted molar refractivity (Wildman–Crippen MR) is 105 cm³/mol. The van der Waals surface area contributed by atoms with Crippen molar-refractivity contribution < 1.29 is 36.3 Å². The average molecular weight is 430 g/mol. The van der Waals surface area contributed by atoms with Crippen LogP contribution in [-0.4, -0.2) is 26.4 Å². The molecule has 154 valence electrons. The van der Waals surface area contributed by atoms with Gasteiger partial charge in [0.1, 0.15) is 11.5 Å². The van der Waals surface area contributed by atoms with Crippen LogP contribution in [-0.2, 0) is 27.2 Å². The molecule has 0 heterocycles. The maximum atomic E-state index is 12.6. The molecule has 0 aliphatic carbocycles. The van der Waals surface area contributed by atoms with Crippen LogP contribution in [0.4, 0.5) is 0 Å². The molecule has 0 saturated heterocycles. The lowest BCUT2D eigenvalue weighted by Gasteiger charge is -2.21. The fraction of sp³-hybridized carbons (Fsp3) is 0.444. The SMILES string of the molecule is C#Cc1cc(OP(=O)(OCC)OCC)c(C#C)cc1OP(=O)(OCC)OCC. The second kappa shape index (κ2) is 11.3. The maximum absolute atomic E-state index is 12.6. The minimum absolute atomic E-state index is 0.00399. The lowest BCUT2D eigenvalue weighted by atomic mass is 10.1. The van der Waals surface area contributed by atoms with E-state index in [2.05, 4.69) is 11.8 Å². The van der Waals surface area contributed by atoms with Crippen molar-refractivity contribution in [2.45, 2.75) is 27.7 Å². The van der Waals surface area contributed by atoms with Crippen LogP contribution in [0.25, 0.3) is 0 Å². The highest BCUT2D eigenvalue weighted by Crippen LogP contribution is 2.53. The van der Waals surface area contributed by atoms with Crippen LogP contribution in [0.2, 0.25) is 0 Å². The van der Waals surface area contributed by atoms with Gasteiger partial charge >= 0.3 is 15.6 Å². The van der Waals surface area contributed by atoms with Crippen LogP contribution in [0, 0.1) is 24.7 Å². The molecule has 0 aliphatic rings. The third-order valence-corrected chi connectivity index (χ3v) is 6.10. The minimum atomic E-state index is -3.90. The largest absolute Gasteiger partial charge is 0.530 e. The van der Waals surface area contributed by atoms with Crippen molar-refractivity contribution in [1.29, 1.82) is 0 Å². The molecule has 0 N–H and O–H groups in total. The molecule has 0 aliphatic heterocycles. The van der Waals surface area contributed by atoms with E-state index in [1.54, 1.807) is 27.7 Å². The summed E-state index contributed by atoms with van der Waals surface area (Å²) >= 11 is 0. The molecule has 0 spiro atoms. The first kappa shape index (κ1) is 24.3. The van der Waals surface area contributed by atoms with Crippen LogP contribution < -0.4 is 9.05 Å². The molecule has 0 bridgehead atoms. The van der Waals surface area contributed by atoms with Crippen LogP contribution >= 0.6 is 15.6 Å². The normalized spacial score (nSPS) is 11.5. The number of phosphoric ester groups is 2. The van der Waals surface area contributed by atoms with Gasteiger partial charge in [-0.2, -0.15) is 0 Å². The zero-order chi connectivity index (χ0) is 21.2. The monoisotopic (exact) mass is 430 g/mol. The summed E-state index contributed by atoms with van der Waals surface area (Å²) in [5.74, 6) is 4.73. The maximum Gasteiger partial charge on any atom is 0.530 e. The minimum Gasteiger partial charge on any atom is -0.403 e. The molecule has 1 aromatic rings. The van der Waals surface area contributed by atoms with Gasteiger partial charge in [0, 0.05) is 12.1 Å². The van der Waals surface area contributed by atoms with E-state index in [4.69, 9.17) is 40.0 Å². The highest BCUT2D eigenvalue weighted by atomic mass is 31.2. The number of benzene rings is 1. The summed E-state index contributed by atoms with van der Waals surface area (Å²) in [6.07, 6.45) is 11.0. The smallest absolute Gasteiger partial charge is 0.403 e. The van der Waals surface area contributed by atoms with Gasteiger partial charge in [-0.25, -0.2) is 9.13 Å². The summed E-state index contributed by atoms with van der Waals surface area (Å²) in [7, 11) is -7.80. The van der Waals surface area contributed by atoms with E-state index in [9.17, 15) is 9.13 Å². The first-order chi connectivity index (χ1) is 13.3. The Bertz CT molecular complexity index is 747. The van der Waals surface area contributed by atoms with E-state index in [-0.39, 0.29) is 49.1 Å². The molecule has 0 atom stereocenters. The summed E-state index contributed by atoms with van der Waals surface area (Å²) in [4.78, 5) is 0. The third-order valence-electron chi connectivity index (χ3n) is 2.96. The highest BCUT2D eigenvalue weighted by molar-refractivity contribution is 7.49. The molecule has 0 aromatic heterocycles. The number of hydrogen-bond donors (Lipinski definition) is 0. The van der Waals surface area contributed by atoms with E-state index in [0.717, 1.165) is 0 Å². The van der Waals surface area contributed by atoms with Gasteiger partial charge in [-0.1, -0.05) is 11.8 Å². The summed E-state index contributed by atoms with van der Waals surface area (Å²) < 4.78 is 56.5. The van der Waals surface area contributed by atoms with Crippen molar-refractivity contribution in [3.63, 3.8) is 0 Å². The first-order valence-electron chi connectivity index (χ1n) is 8.58. The molecule has 8 nitrogen and oxygen atoms in total. The van der Waals surface area contributed by atoms with Gasteiger partial charge in [0.15, 0.2) is 0 Å². The van der Waals surface area contributed by atoms with Crippen molar-refractivity contribution in [3.8, 4) is 36.2 Å². The molecule has 0 fully saturated rings. The molecular formula is C18H24O8P2. The zero-order valence-corrected chi connectivity index (χ0v) is 18.1. The van der Waals surface area contributed by atoms with Crippen molar-refractivity contribution in [2.24, 2.45) is 0 Å². The molecule has 0 radical (unpaired) electrons. The summed E-state index contributed by atoms with van der Waals surface area (Å²) in [6, 6.07) is 2.63. The Labute approximate surface area is 166 Å². The van der Waals surface area contributed by atoms with Gasteiger partial charge in [-0.05, 0) is 27.7 Å². The first-order valence-corrected chi connectivity index (χ1v) is 11.5. The van der Waals surface area contributed by atoms with Gasteiger partial charge in [-0.3, -0.25) is 18.1 Å². The zero-order valence-electron chi connectivity index (χ0n) is 16.3. The highest BCUT2D eigenvalue weighted by Gasteiger charge is 2.31. The second-order valence-corrected chi connectivity index (χ2v) is 8.07. The van der Waals surface area contributed by atoms with Gasteiger partial charge in [0.05, 0.1) is 37.6 Å². The summed E-state index contributed by atoms with van der Waals surface area (Å²) in [5.41, 5.74) is 0.265. The van der Waals surface area contributed by atoms with Crippen molar-refractivity contribution in [1.82, 2.24) is 0 Å². The van der Waals surface area contributed by atoms with Crippen LogP contribution in [0.1, 0.15) is 38.8 Å². The molecular weight excluding hydrogens is 406 g/mol. The number of terminal acetylenes is 2. The summed E-state index contributed by atoms with van der Waals surface area (Å²) in [5, 5.41) is 0. The molecule has 0 amide bonds. The number of phosphoric acid groups is 2. The molecule has 1 rings (SSSR count). The summed E-state index contributed by atoms with van der Waals surface area (Å²) in [6.45, 7) is 6.94. The van der Waals surface area contributed by atoms with Gasteiger partial charge in [-0.15, -0.1) is 12.8 Å². The topological polar surface area (TPSA) is 89.5 Å². The lowest BCUT2D eigenvalue weighted by Crippen LogP contribution is -2.06. The van der Waals surface area contributed by atoms with Gasteiger partial charge in [0.2, 0.25) is 0 Å². The Morgan fingerprint density at radius 1 is 0.714 bits per heavy atom. The van der Waals surface area contributed by atoms with Crippen LogP contribution in [0.5, 0.6) is 11.5 Å². The van der Waals surface area contributed by atoms with Crippen molar-refractivity contribution in [2.75, 3.05) is 26.4 Å². The van der Waals surface area contributed by atoms with Gasteiger partial charge in [0.25, 0.3) is 0 Å². The van der Waals surface area contributed by atoms with Crippen molar-refractivity contribution >= 4 is 15.6 Å². The Morgan fingerprint density at radius 2 is 1.00 bits per heavy atom. The Balaban J connectivity index is 3.36. The lowest BCUT2D eigenvalue weighted by molar-refractivity contribution is 0.165. The Morgan fingerprint density at radius 3 is 1.21 bits per heavy atom. The van der Waals surface area contributed by atoms with E-state index >= 15 is 0 Å². The van der Waals surface area contributed by atoms with Crippen molar-refractivity contribution in [3.05, 3.63) is 23.3 Å². The quantitative estimate of drug-likeness (QED) is 0.346. The molecule has 0 saturated carbocycles. The Hall–Kier alpha value is -1.76. The van der Waals surface area contributed by atoms with E-state index in [1.807, 2.05) is 0 Å². The van der Waals surface area contributed by atoms with Crippen LogP contribution in [0.3, 0.4) is 0 Å². The number of rotatable bonds is 12. The predicted octanol–water partition coefficient (Wildman–Crippen LogP) is 4.77.